The first-order valence-corrected chi connectivity index (χ1v) is 9.87. The summed E-state index contributed by atoms with van der Waals surface area (Å²) in [7, 11) is 0. The number of aryl methyl sites for hydroxylation is 1. The first-order chi connectivity index (χ1) is 12.7. The molecule has 1 atom stereocenters. The van der Waals surface area contributed by atoms with Gasteiger partial charge in [0.05, 0.1) is 13.2 Å². The third kappa shape index (κ3) is 7.81. The van der Waals surface area contributed by atoms with Crippen LogP contribution in [0.5, 0.6) is 11.5 Å². The molecule has 2 rings (SSSR count). The van der Waals surface area contributed by atoms with Gasteiger partial charge in [-0.1, -0.05) is 50.3 Å². The highest BCUT2D eigenvalue weighted by Crippen LogP contribution is 2.17. The molecule has 0 aliphatic carbocycles. The average molecular weight is 356 g/mol. The number of ether oxygens (including phenoxy) is 2. The largest absolute Gasteiger partial charge is 0.494 e. The second kappa shape index (κ2) is 11.5. The number of hydrogen-bond donors (Lipinski definition) is 1. The van der Waals surface area contributed by atoms with E-state index in [4.69, 9.17) is 9.47 Å². The molecule has 0 fully saturated rings. The molecule has 3 heteroatoms. The van der Waals surface area contributed by atoms with E-state index in [9.17, 15) is 0 Å². The lowest BCUT2D eigenvalue weighted by Gasteiger charge is -2.16. The number of nitrogens with one attached hydrogen (secondary N) is 1. The molecule has 3 nitrogen and oxygen atoms in total. The van der Waals surface area contributed by atoms with E-state index in [-0.39, 0.29) is 6.10 Å². The topological polar surface area (TPSA) is 30.5 Å². The highest BCUT2D eigenvalue weighted by atomic mass is 16.5. The van der Waals surface area contributed by atoms with Gasteiger partial charge in [-0.15, -0.1) is 0 Å². The van der Waals surface area contributed by atoms with Crippen molar-refractivity contribution < 1.29 is 9.47 Å². The molecule has 0 heterocycles. The maximum Gasteiger partial charge on any atom is 0.119 e. The summed E-state index contributed by atoms with van der Waals surface area (Å²) in [5, 5.41) is 3.41. The van der Waals surface area contributed by atoms with Crippen molar-refractivity contribution in [2.24, 2.45) is 0 Å². The summed E-state index contributed by atoms with van der Waals surface area (Å²) in [6, 6.07) is 16.3. The average Bonchev–Trinajstić information content (AvgIpc) is 2.66. The van der Waals surface area contributed by atoms with Gasteiger partial charge >= 0.3 is 0 Å². The van der Waals surface area contributed by atoms with Gasteiger partial charge in [-0.3, -0.25) is 0 Å². The highest BCUT2D eigenvalue weighted by Gasteiger charge is 2.04. The van der Waals surface area contributed by atoms with E-state index < -0.39 is 0 Å². The molecule has 0 radical (unpaired) electrons. The summed E-state index contributed by atoms with van der Waals surface area (Å²) in [6.07, 6.45) is 6.40. The molecule has 2 aromatic carbocycles. The van der Waals surface area contributed by atoms with Crippen LogP contribution >= 0.6 is 0 Å². The van der Waals surface area contributed by atoms with Gasteiger partial charge in [-0.2, -0.15) is 0 Å². The van der Waals surface area contributed by atoms with Crippen LogP contribution in [-0.4, -0.2) is 19.3 Å². The Hall–Kier alpha value is -2.16. The van der Waals surface area contributed by atoms with Crippen LogP contribution in [0.25, 0.3) is 0 Å². The van der Waals surface area contributed by atoms with Gasteiger partial charge in [0.1, 0.15) is 17.6 Å². The van der Waals surface area contributed by atoms with Crippen molar-refractivity contribution in [3.63, 3.8) is 0 Å². The molecular formula is C23H33NO2. The van der Waals surface area contributed by atoms with Crippen molar-refractivity contribution in [2.45, 2.75) is 59.0 Å². The van der Waals surface area contributed by atoms with Gasteiger partial charge in [0.15, 0.2) is 0 Å². The lowest BCUT2D eigenvalue weighted by atomic mass is 10.2. The minimum Gasteiger partial charge on any atom is -0.494 e. The van der Waals surface area contributed by atoms with Crippen LogP contribution in [0, 0.1) is 6.92 Å². The standard InChI is InChI=1S/C23H33NO2/c1-4-5-6-7-8-17-25-22-15-11-21(12-16-22)24-18-20(3)26-23-13-9-19(2)10-14-23/h9-16,20,24H,4-8,17-18H2,1-3H3. The highest BCUT2D eigenvalue weighted by molar-refractivity contribution is 5.46. The van der Waals surface area contributed by atoms with Gasteiger partial charge in [0, 0.05) is 5.69 Å². The molecule has 1 N–H and O–H groups in total. The van der Waals surface area contributed by atoms with Crippen molar-refractivity contribution >= 4 is 5.69 Å². The minimum absolute atomic E-state index is 0.0942. The molecule has 1 unspecified atom stereocenters. The van der Waals surface area contributed by atoms with Gasteiger partial charge in [0.25, 0.3) is 0 Å². The fraction of sp³-hybridized carbons (Fsp3) is 0.478. The van der Waals surface area contributed by atoms with Crippen molar-refractivity contribution in [1.82, 2.24) is 0 Å². The molecule has 0 spiro atoms. The van der Waals surface area contributed by atoms with Crippen LogP contribution in [0.1, 0.15) is 51.5 Å². The molecule has 0 saturated carbocycles. The molecular weight excluding hydrogens is 322 g/mol. The second-order valence-electron chi connectivity index (χ2n) is 6.91. The Kier molecular flexibility index (Phi) is 8.88. The minimum atomic E-state index is 0.0942. The Morgan fingerprint density at radius 3 is 2.19 bits per heavy atom. The third-order valence-electron chi connectivity index (χ3n) is 4.32. The van der Waals surface area contributed by atoms with E-state index in [0.29, 0.717) is 0 Å². The van der Waals surface area contributed by atoms with E-state index >= 15 is 0 Å². The SMILES string of the molecule is CCCCCCCOc1ccc(NCC(C)Oc2ccc(C)cc2)cc1. The maximum atomic E-state index is 5.92. The van der Waals surface area contributed by atoms with Crippen LogP contribution in [0.4, 0.5) is 5.69 Å². The van der Waals surface area contributed by atoms with Crippen LogP contribution in [0.15, 0.2) is 48.5 Å². The fourth-order valence-corrected chi connectivity index (χ4v) is 2.72. The zero-order valence-electron chi connectivity index (χ0n) is 16.5. The van der Waals surface area contributed by atoms with E-state index in [1.165, 1.54) is 31.2 Å². The number of rotatable bonds is 12. The summed E-state index contributed by atoms with van der Waals surface area (Å²) < 4.78 is 11.7. The smallest absolute Gasteiger partial charge is 0.119 e. The first kappa shape index (κ1) is 20.2. The molecule has 0 amide bonds. The van der Waals surface area contributed by atoms with Gasteiger partial charge in [-0.05, 0) is 56.7 Å². The summed E-state index contributed by atoms with van der Waals surface area (Å²) in [5.74, 6) is 1.85. The van der Waals surface area contributed by atoms with E-state index in [0.717, 1.165) is 36.8 Å². The predicted molar refractivity (Wildman–Crippen MR) is 110 cm³/mol. The molecule has 142 valence electrons. The van der Waals surface area contributed by atoms with Crippen molar-refractivity contribution in [3.8, 4) is 11.5 Å². The molecule has 0 bridgehead atoms. The van der Waals surface area contributed by atoms with Crippen LogP contribution in [0.3, 0.4) is 0 Å². The molecule has 0 saturated heterocycles. The Balaban J connectivity index is 1.65. The number of anilines is 1. The monoisotopic (exact) mass is 355 g/mol. The zero-order chi connectivity index (χ0) is 18.6. The Morgan fingerprint density at radius 2 is 1.50 bits per heavy atom. The molecule has 26 heavy (non-hydrogen) atoms. The number of hydrogen-bond acceptors (Lipinski definition) is 3. The van der Waals surface area contributed by atoms with Crippen molar-refractivity contribution in [2.75, 3.05) is 18.5 Å². The quantitative estimate of drug-likeness (QED) is 0.458. The molecule has 0 aliphatic rings. The van der Waals surface area contributed by atoms with Crippen LogP contribution in [0.2, 0.25) is 0 Å². The summed E-state index contributed by atoms with van der Waals surface area (Å²) in [6.45, 7) is 7.95. The number of unbranched alkanes of at least 4 members (excludes halogenated alkanes) is 4. The van der Waals surface area contributed by atoms with Crippen molar-refractivity contribution in [1.29, 1.82) is 0 Å². The van der Waals surface area contributed by atoms with Gasteiger partial charge < -0.3 is 14.8 Å². The van der Waals surface area contributed by atoms with Crippen molar-refractivity contribution in [3.05, 3.63) is 54.1 Å². The second-order valence-corrected chi connectivity index (χ2v) is 6.91. The lowest BCUT2D eigenvalue weighted by Crippen LogP contribution is -2.22. The predicted octanol–water partition coefficient (Wildman–Crippen LogP) is 6.22. The van der Waals surface area contributed by atoms with Gasteiger partial charge in [0.2, 0.25) is 0 Å². The first-order valence-electron chi connectivity index (χ1n) is 9.87. The summed E-state index contributed by atoms with van der Waals surface area (Å²) in [4.78, 5) is 0. The third-order valence-corrected chi connectivity index (χ3v) is 4.32. The lowest BCUT2D eigenvalue weighted by molar-refractivity contribution is 0.234. The zero-order valence-corrected chi connectivity index (χ0v) is 16.5. The molecule has 0 aliphatic heterocycles. The molecule has 0 aromatic heterocycles. The maximum absolute atomic E-state index is 5.92. The van der Waals surface area contributed by atoms with E-state index in [1.54, 1.807) is 0 Å². The van der Waals surface area contributed by atoms with E-state index in [1.807, 2.05) is 24.3 Å². The van der Waals surface area contributed by atoms with E-state index in [2.05, 4.69) is 50.4 Å². The number of benzene rings is 2. The Bertz CT molecular complexity index is 607. The summed E-state index contributed by atoms with van der Waals surface area (Å²) >= 11 is 0. The molecule has 2 aromatic rings. The fourth-order valence-electron chi connectivity index (χ4n) is 2.72. The van der Waals surface area contributed by atoms with Crippen LogP contribution < -0.4 is 14.8 Å². The summed E-state index contributed by atoms with van der Waals surface area (Å²) in [5.41, 5.74) is 2.33. The Morgan fingerprint density at radius 1 is 0.846 bits per heavy atom. The Labute approximate surface area is 158 Å². The normalized spacial score (nSPS) is 11.8. The van der Waals surface area contributed by atoms with Gasteiger partial charge in [-0.25, -0.2) is 0 Å². The van der Waals surface area contributed by atoms with Crippen LogP contribution in [-0.2, 0) is 0 Å².